The van der Waals surface area contributed by atoms with Gasteiger partial charge in [-0.2, -0.15) is 0 Å². The molecule has 318 valence electrons. The number of aromatic nitrogens is 6. The second kappa shape index (κ2) is 16.0. The van der Waals surface area contributed by atoms with Gasteiger partial charge in [-0.15, -0.1) is 0 Å². The van der Waals surface area contributed by atoms with Gasteiger partial charge in [-0.05, 0) is 51.6 Å². The summed E-state index contributed by atoms with van der Waals surface area (Å²) in [5, 5.41) is 0. The van der Waals surface area contributed by atoms with Crippen molar-refractivity contribution in [2.24, 2.45) is 0 Å². The third-order valence-corrected chi connectivity index (χ3v) is 13.1. The molecule has 0 saturated carbocycles. The van der Waals surface area contributed by atoms with E-state index in [9.17, 15) is 0 Å². The summed E-state index contributed by atoms with van der Waals surface area (Å²) in [6.07, 6.45) is 0. The first-order valence-electron chi connectivity index (χ1n) is 22.7. The summed E-state index contributed by atoms with van der Waals surface area (Å²) < 4.78 is 6.80. The van der Waals surface area contributed by atoms with Crippen molar-refractivity contribution < 1.29 is 4.74 Å². The number of para-hydroxylation sites is 2. The molecule has 9 aromatic carbocycles. The van der Waals surface area contributed by atoms with Gasteiger partial charge >= 0.3 is 0 Å². The summed E-state index contributed by atoms with van der Waals surface area (Å²) in [5.41, 5.74) is 13.3. The molecule has 0 amide bonds. The fourth-order valence-electron chi connectivity index (χ4n) is 10.1. The summed E-state index contributed by atoms with van der Waals surface area (Å²) in [6.45, 7) is 0. The molecule has 2 aliphatic rings. The van der Waals surface area contributed by atoms with Crippen LogP contribution in [0.25, 0.3) is 90.6 Å². The molecule has 0 fully saturated rings. The molecular weight excluding hydrogens is 833 g/mol. The van der Waals surface area contributed by atoms with Crippen LogP contribution in [0.3, 0.4) is 0 Å². The lowest BCUT2D eigenvalue weighted by molar-refractivity contribution is 0.436. The summed E-state index contributed by atoms with van der Waals surface area (Å²) in [6, 6.07) is 79.2. The van der Waals surface area contributed by atoms with Crippen molar-refractivity contribution in [2.45, 2.75) is 5.41 Å². The molecule has 3 heterocycles. The lowest BCUT2D eigenvalue weighted by Crippen LogP contribution is -2.32. The normalized spacial score (nSPS) is 12.6. The van der Waals surface area contributed by atoms with E-state index in [1.165, 1.54) is 0 Å². The molecule has 2 aromatic heterocycles. The van der Waals surface area contributed by atoms with Gasteiger partial charge in [-0.3, -0.25) is 0 Å². The quantitative estimate of drug-likeness (QED) is 0.158. The Balaban J connectivity index is 1.08. The lowest BCUT2D eigenvalue weighted by atomic mass is 9.64. The SMILES string of the molecule is c1ccc(-c2nc(-c3ccccc3)nc(-c3cccc(-c4cccc5c4C4(c6ccccc6Oc6ccccc64)c4cccc(-c6nc(-c7ccccc7)nc(-c7ccccc7)n6)c4-5)c3)n2)cc1. The maximum absolute atomic E-state index is 6.80. The fraction of sp³-hybridized carbons (Fsp3) is 0.0164. The molecule has 68 heavy (non-hydrogen) atoms. The molecule has 1 aliphatic carbocycles. The second-order valence-corrected chi connectivity index (χ2v) is 17.0. The lowest BCUT2D eigenvalue weighted by Gasteiger charge is -2.40. The van der Waals surface area contributed by atoms with Gasteiger partial charge in [-0.1, -0.05) is 212 Å². The minimum atomic E-state index is -0.801. The monoisotopic (exact) mass is 870 g/mol. The van der Waals surface area contributed by atoms with E-state index >= 15 is 0 Å². The minimum absolute atomic E-state index is 0.590. The van der Waals surface area contributed by atoms with Gasteiger partial charge in [0.2, 0.25) is 0 Å². The molecule has 0 unspecified atom stereocenters. The zero-order valence-corrected chi connectivity index (χ0v) is 36.5. The predicted molar refractivity (Wildman–Crippen MR) is 269 cm³/mol. The summed E-state index contributed by atoms with van der Waals surface area (Å²) in [7, 11) is 0. The zero-order chi connectivity index (χ0) is 45.0. The molecule has 7 nitrogen and oxygen atoms in total. The molecule has 0 saturated heterocycles. The van der Waals surface area contributed by atoms with Crippen molar-refractivity contribution in [3.05, 3.63) is 253 Å². The fourth-order valence-corrected chi connectivity index (χ4v) is 10.1. The smallest absolute Gasteiger partial charge is 0.164 e. The van der Waals surface area contributed by atoms with Crippen LogP contribution in [0.4, 0.5) is 0 Å². The van der Waals surface area contributed by atoms with E-state index in [1.807, 2.05) is 133 Å². The van der Waals surface area contributed by atoms with Gasteiger partial charge < -0.3 is 4.74 Å². The number of hydrogen-bond acceptors (Lipinski definition) is 7. The third-order valence-electron chi connectivity index (χ3n) is 13.1. The number of ether oxygens (including phenoxy) is 1. The Morgan fingerprint density at radius 1 is 0.265 bits per heavy atom. The van der Waals surface area contributed by atoms with Crippen LogP contribution < -0.4 is 4.74 Å². The van der Waals surface area contributed by atoms with E-state index in [1.54, 1.807) is 0 Å². The Kier molecular flexibility index (Phi) is 9.25. The van der Waals surface area contributed by atoms with E-state index in [4.69, 9.17) is 34.6 Å². The van der Waals surface area contributed by atoms with Gasteiger partial charge in [0.1, 0.15) is 11.5 Å². The van der Waals surface area contributed by atoms with Crippen molar-refractivity contribution >= 4 is 0 Å². The molecule has 1 spiro atoms. The van der Waals surface area contributed by atoms with Crippen LogP contribution in [0.5, 0.6) is 11.5 Å². The Morgan fingerprint density at radius 3 is 1.13 bits per heavy atom. The van der Waals surface area contributed by atoms with Crippen molar-refractivity contribution in [2.75, 3.05) is 0 Å². The van der Waals surface area contributed by atoms with E-state index in [2.05, 4.69) is 97.1 Å². The number of nitrogens with zero attached hydrogens (tertiary/aromatic N) is 6. The highest BCUT2D eigenvalue weighted by atomic mass is 16.5. The summed E-state index contributed by atoms with van der Waals surface area (Å²) >= 11 is 0. The standard InChI is InChI=1S/C61H38N6O/c1-5-20-39(21-6-1)55-62-56(40-22-7-2-8-23-40)65-59(64-55)44-29-17-28-43(38-44)45-30-18-31-46-53-47(60-66-57(41-24-9-3-10-25-41)63-58(67-60)42-26-11-4-12-27-42)32-19-35-50(53)61(54(45)46)48-33-13-15-36-51(48)68-52-37-16-14-34-49(52)61/h1-38H. The molecule has 13 rings (SSSR count). The highest BCUT2D eigenvalue weighted by Gasteiger charge is 2.53. The second-order valence-electron chi connectivity index (χ2n) is 17.0. The Labute approximate surface area is 393 Å². The minimum Gasteiger partial charge on any atom is -0.457 e. The number of fused-ring (bicyclic) bond motifs is 9. The van der Waals surface area contributed by atoms with Crippen molar-refractivity contribution in [1.82, 2.24) is 29.9 Å². The molecule has 0 atom stereocenters. The first kappa shape index (κ1) is 39.2. The van der Waals surface area contributed by atoms with E-state index in [0.29, 0.717) is 34.9 Å². The van der Waals surface area contributed by atoms with E-state index in [-0.39, 0.29) is 0 Å². The van der Waals surface area contributed by atoms with Crippen LogP contribution in [0.2, 0.25) is 0 Å². The van der Waals surface area contributed by atoms with Gasteiger partial charge in [0, 0.05) is 44.5 Å². The predicted octanol–water partition coefficient (Wildman–Crippen LogP) is 14.2. The zero-order valence-electron chi connectivity index (χ0n) is 36.5. The number of rotatable bonds is 7. The molecule has 0 bridgehead atoms. The average molecular weight is 871 g/mol. The van der Waals surface area contributed by atoms with Crippen LogP contribution in [-0.4, -0.2) is 29.9 Å². The van der Waals surface area contributed by atoms with Crippen LogP contribution in [0.1, 0.15) is 22.3 Å². The van der Waals surface area contributed by atoms with Gasteiger partial charge in [-0.25, -0.2) is 29.9 Å². The molecule has 0 N–H and O–H groups in total. The molecule has 7 heteroatoms. The van der Waals surface area contributed by atoms with Gasteiger partial charge in [0.15, 0.2) is 34.9 Å². The van der Waals surface area contributed by atoms with Crippen molar-refractivity contribution in [3.63, 3.8) is 0 Å². The van der Waals surface area contributed by atoms with Crippen molar-refractivity contribution in [1.29, 1.82) is 0 Å². The highest BCUT2D eigenvalue weighted by Crippen LogP contribution is 2.65. The van der Waals surface area contributed by atoms with Crippen LogP contribution >= 0.6 is 0 Å². The largest absolute Gasteiger partial charge is 0.457 e. The van der Waals surface area contributed by atoms with Crippen LogP contribution in [-0.2, 0) is 5.41 Å². The van der Waals surface area contributed by atoms with Crippen LogP contribution in [0.15, 0.2) is 231 Å². The number of hydrogen-bond donors (Lipinski definition) is 0. The molecule has 0 radical (unpaired) electrons. The highest BCUT2D eigenvalue weighted by molar-refractivity contribution is 5.99. The maximum atomic E-state index is 6.80. The van der Waals surface area contributed by atoms with Crippen LogP contribution in [0, 0.1) is 0 Å². The Morgan fingerprint density at radius 2 is 0.618 bits per heavy atom. The topological polar surface area (TPSA) is 86.6 Å². The van der Waals surface area contributed by atoms with Gasteiger partial charge in [0.25, 0.3) is 0 Å². The summed E-state index contributed by atoms with van der Waals surface area (Å²) in [5.74, 6) is 5.24. The number of benzene rings is 9. The molecular formula is C61H38N6O. The third kappa shape index (κ3) is 6.36. The maximum Gasteiger partial charge on any atom is 0.164 e. The first-order chi connectivity index (χ1) is 33.7. The van der Waals surface area contributed by atoms with Crippen molar-refractivity contribution in [3.8, 4) is 102 Å². The van der Waals surface area contributed by atoms with E-state index in [0.717, 1.165) is 89.4 Å². The van der Waals surface area contributed by atoms with Gasteiger partial charge in [0.05, 0.1) is 5.41 Å². The van der Waals surface area contributed by atoms with E-state index < -0.39 is 5.41 Å². The Bertz CT molecular complexity index is 3550. The average Bonchev–Trinajstić information content (AvgIpc) is 3.72. The Hall–Kier alpha value is -9.20. The summed E-state index contributed by atoms with van der Waals surface area (Å²) in [4.78, 5) is 30.9. The molecule has 11 aromatic rings. The molecule has 1 aliphatic heterocycles. The first-order valence-corrected chi connectivity index (χ1v) is 22.7.